The predicted octanol–water partition coefficient (Wildman–Crippen LogP) is 5.29. The number of hydrogen-bond acceptors (Lipinski definition) is 7. The molecule has 1 aliphatic rings. The monoisotopic (exact) mass is 441 g/mol. The highest BCUT2D eigenvalue weighted by molar-refractivity contribution is 7.99. The lowest BCUT2D eigenvalue weighted by molar-refractivity contribution is 0.895. The molecule has 0 atom stereocenters. The average molecular weight is 442 g/mol. The maximum atomic E-state index is 6.65. The molecule has 4 aromatic rings. The van der Waals surface area contributed by atoms with E-state index in [9.17, 15) is 0 Å². The average Bonchev–Trinajstić information content (AvgIpc) is 3.43. The quantitative estimate of drug-likeness (QED) is 0.430. The lowest BCUT2D eigenvalue weighted by atomic mass is 10.3. The Kier molecular flexibility index (Phi) is 6.34. The van der Waals surface area contributed by atoms with Gasteiger partial charge in [-0.3, -0.25) is 4.98 Å². The van der Waals surface area contributed by atoms with E-state index in [1.807, 2.05) is 19.9 Å². The molecule has 30 heavy (non-hydrogen) atoms. The zero-order valence-electron chi connectivity index (χ0n) is 17.3. The summed E-state index contributed by atoms with van der Waals surface area (Å²) in [5, 5.41) is 2.32. The molecule has 4 aromatic heterocycles. The van der Waals surface area contributed by atoms with Gasteiger partial charge in [-0.1, -0.05) is 32.4 Å². The summed E-state index contributed by atoms with van der Waals surface area (Å²) in [6.07, 6.45) is 8.25. The normalized spacial score (nSPS) is 13.7. The molecule has 0 aromatic carbocycles. The van der Waals surface area contributed by atoms with Gasteiger partial charge < -0.3 is 9.88 Å². The third-order valence-electron chi connectivity index (χ3n) is 4.89. The Balaban J connectivity index is 0.00000106. The molecule has 7 nitrogen and oxygen atoms in total. The number of hydrogen-bond donors (Lipinski definition) is 1. The molecule has 9 heteroatoms. The first-order chi connectivity index (χ1) is 14.7. The smallest absolute Gasteiger partial charge is 0.196 e. The van der Waals surface area contributed by atoms with Crippen LogP contribution in [-0.2, 0) is 6.42 Å². The van der Waals surface area contributed by atoms with Gasteiger partial charge in [0.2, 0.25) is 0 Å². The van der Waals surface area contributed by atoms with Crippen molar-refractivity contribution in [3.63, 3.8) is 0 Å². The fraction of sp³-hybridized carbons (Fsp3) is 0.381. The summed E-state index contributed by atoms with van der Waals surface area (Å²) in [5.41, 5.74) is 3.17. The molecule has 0 amide bonds. The van der Waals surface area contributed by atoms with Crippen LogP contribution in [0.25, 0.3) is 22.2 Å². The van der Waals surface area contributed by atoms with E-state index >= 15 is 0 Å². The van der Waals surface area contributed by atoms with Crippen molar-refractivity contribution < 1.29 is 0 Å². The van der Waals surface area contributed by atoms with Crippen LogP contribution in [-0.4, -0.2) is 43.0 Å². The lowest BCUT2D eigenvalue weighted by Crippen LogP contribution is -2.19. The van der Waals surface area contributed by atoms with Crippen LogP contribution < -0.4 is 4.90 Å². The van der Waals surface area contributed by atoms with E-state index in [0.717, 1.165) is 57.5 Å². The third kappa shape index (κ3) is 3.94. The number of nitrogens with one attached hydrogen (secondary N) is 1. The summed E-state index contributed by atoms with van der Waals surface area (Å²) >= 11 is 8.12. The summed E-state index contributed by atoms with van der Waals surface area (Å²) in [6.45, 7) is 8.07. The first kappa shape index (κ1) is 20.8. The fourth-order valence-electron chi connectivity index (χ4n) is 3.52. The number of aryl methyl sites for hydroxylation is 1. The van der Waals surface area contributed by atoms with E-state index in [1.165, 1.54) is 24.6 Å². The summed E-state index contributed by atoms with van der Waals surface area (Å²) in [6, 6.07) is 1.96. The summed E-state index contributed by atoms with van der Waals surface area (Å²) < 4.78 is 0. The van der Waals surface area contributed by atoms with Crippen molar-refractivity contribution in [2.24, 2.45) is 0 Å². The van der Waals surface area contributed by atoms with E-state index in [4.69, 9.17) is 21.6 Å². The molecule has 0 unspecified atom stereocenters. The van der Waals surface area contributed by atoms with Crippen molar-refractivity contribution in [2.45, 2.75) is 50.1 Å². The fourth-order valence-corrected chi connectivity index (χ4v) is 4.63. The van der Waals surface area contributed by atoms with Crippen molar-refractivity contribution in [1.29, 1.82) is 0 Å². The van der Waals surface area contributed by atoms with E-state index in [2.05, 4.69) is 31.8 Å². The minimum atomic E-state index is 0.629. The van der Waals surface area contributed by atoms with Crippen molar-refractivity contribution in [1.82, 2.24) is 29.9 Å². The van der Waals surface area contributed by atoms with E-state index in [-0.39, 0.29) is 0 Å². The molecule has 5 rings (SSSR count). The second-order valence-electron chi connectivity index (χ2n) is 6.69. The van der Waals surface area contributed by atoms with Gasteiger partial charge in [0, 0.05) is 42.3 Å². The van der Waals surface area contributed by atoms with Crippen LogP contribution >= 0.6 is 23.4 Å². The van der Waals surface area contributed by atoms with Crippen LogP contribution in [0.2, 0.25) is 5.02 Å². The molecule has 1 aliphatic heterocycles. The Bertz CT molecular complexity index is 1170. The Morgan fingerprint density at radius 1 is 1.10 bits per heavy atom. The van der Waals surface area contributed by atoms with Gasteiger partial charge in [-0.25, -0.2) is 19.9 Å². The molecule has 0 aliphatic carbocycles. The number of aromatic amines is 1. The lowest BCUT2D eigenvalue weighted by Gasteiger charge is -2.18. The minimum Gasteiger partial charge on any atom is -0.356 e. The zero-order valence-corrected chi connectivity index (χ0v) is 18.9. The highest BCUT2D eigenvalue weighted by Gasteiger charge is 2.23. The number of halogens is 1. The van der Waals surface area contributed by atoms with Crippen LogP contribution in [0.5, 0.6) is 0 Å². The van der Waals surface area contributed by atoms with Crippen molar-refractivity contribution in [2.75, 3.05) is 18.0 Å². The number of pyridine rings is 1. The van der Waals surface area contributed by atoms with Gasteiger partial charge in [-0.05, 0) is 37.1 Å². The topological polar surface area (TPSA) is 83.5 Å². The molecule has 0 spiro atoms. The van der Waals surface area contributed by atoms with Crippen LogP contribution in [0, 0.1) is 0 Å². The maximum absolute atomic E-state index is 6.65. The highest BCUT2D eigenvalue weighted by atomic mass is 35.5. The van der Waals surface area contributed by atoms with Gasteiger partial charge in [-0.2, -0.15) is 0 Å². The molecule has 1 saturated heterocycles. The highest BCUT2D eigenvalue weighted by Crippen LogP contribution is 2.37. The van der Waals surface area contributed by atoms with E-state index in [1.54, 1.807) is 18.6 Å². The first-order valence-corrected chi connectivity index (χ1v) is 11.5. The Morgan fingerprint density at radius 2 is 1.87 bits per heavy atom. The molecule has 0 saturated carbocycles. The SMILES string of the molecule is CC.CCc1[nH]c2nc(Sc3cnc4nccnc4c3)nc(N3CCCC3)c2c1Cl. The van der Waals surface area contributed by atoms with Crippen molar-refractivity contribution in [3.8, 4) is 0 Å². The Hall–Kier alpha value is -2.45. The van der Waals surface area contributed by atoms with Gasteiger partial charge >= 0.3 is 0 Å². The minimum absolute atomic E-state index is 0.629. The number of rotatable bonds is 4. The summed E-state index contributed by atoms with van der Waals surface area (Å²) in [7, 11) is 0. The summed E-state index contributed by atoms with van der Waals surface area (Å²) in [5.74, 6) is 0.916. The number of H-pyrrole nitrogens is 1. The largest absolute Gasteiger partial charge is 0.356 e. The molecule has 1 N–H and O–H groups in total. The van der Waals surface area contributed by atoms with Gasteiger partial charge in [0.25, 0.3) is 0 Å². The standard InChI is InChI=1S/C19H18ClN7S.C2H6/c1-2-12-15(20)14-17(24-12)25-19(26-18(14)27-7-3-4-8-27)28-11-9-13-16(23-10-11)22-6-5-21-13;1-2/h5-6,9-10H,2-4,7-8H2,1H3,(H,24,25,26);1-2H3. The van der Waals surface area contributed by atoms with Crippen LogP contribution in [0.1, 0.15) is 39.3 Å². The van der Waals surface area contributed by atoms with Gasteiger partial charge in [0.1, 0.15) is 17.0 Å². The number of aromatic nitrogens is 6. The molecule has 0 radical (unpaired) electrons. The van der Waals surface area contributed by atoms with Gasteiger partial charge in [-0.15, -0.1) is 0 Å². The zero-order chi connectivity index (χ0) is 21.1. The Labute approximate surface area is 184 Å². The third-order valence-corrected chi connectivity index (χ3v) is 6.13. The molecule has 156 valence electrons. The van der Waals surface area contributed by atoms with Gasteiger partial charge in [0.15, 0.2) is 10.8 Å². The predicted molar refractivity (Wildman–Crippen MR) is 123 cm³/mol. The first-order valence-electron chi connectivity index (χ1n) is 10.3. The van der Waals surface area contributed by atoms with Crippen molar-refractivity contribution >= 4 is 51.4 Å². The molecule has 0 bridgehead atoms. The van der Waals surface area contributed by atoms with Crippen molar-refractivity contribution in [3.05, 3.63) is 35.4 Å². The number of anilines is 1. The van der Waals surface area contributed by atoms with Crippen LogP contribution in [0.15, 0.2) is 34.7 Å². The Morgan fingerprint density at radius 3 is 2.63 bits per heavy atom. The molecule has 5 heterocycles. The molecular formula is C21H24ClN7S. The number of nitrogens with zero attached hydrogens (tertiary/aromatic N) is 6. The molecule has 1 fully saturated rings. The summed E-state index contributed by atoms with van der Waals surface area (Å²) in [4.78, 5) is 29.1. The van der Waals surface area contributed by atoms with Crippen LogP contribution in [0.3, 0.4) is 0 Å². The second kappa shape index (κ2) is 9.14. The van der Waals surface area contributed by atoms with E-state index in [0.29, 0.717) is 10.8 Å². The second-order valence-corrected chi connectivity index (χ2v) is 8.11. The van der Waals surface area contributed by atoms with E-state index < -0.39 is 0 Å². The van der Waals surface area contributed by atoms with Gasteiger partial charge in [0.05, 0.1) is 10.4 Å². The number of fused-ring (bicyclic) bond motifs is 2. The maximum Gasteiger partial charge on any atom is 0.196 e. The van der Waals surface area contributed by atoms with Crippen LogP contribution in [0.4, 0.5) is 5.82 Å². The molecular weight excluding hydrogens is 418 g/mol.